The second-order valence-electron chi connectivity index (χ2n) is 7.86. The van der Waals surface area contributed by atoms with Crippen LogP contribution in [0.4, 0.5) is 5.69 Å². The predicted molar refractivity (Wildman–Crippen MR) is 114 cm³/mol. The van der Waals surface area contributed by atoms with Gasteiger partial charge in [-0.1, -0.05) is 41.7 Å². The van der Waals surface area contributed by atoms with Crippen molar-refractivity contribution in [1.82, 2.24) is 5.32 Å². The molecule has 1 aliphatic heterocycles. The van der Waals surface area contributed by atoms with E-state index in [1.165, 1.54) is 11.1 Å². The summed E-state index contributed by atoms with van der Waals surface area (Å²) < 4.78 is 2.27. The van der Waals surface area contributed by atoms with Crippen LogP contribution in [-0.4, -0.2) is 26.3 Å². The number of nitrogens with one attached hydrogen (secondary N) is 1. The van der Waals surface area contributed by atoms with Gasteiger partial charge in [-0.05, 0) is 68.0 Å². The van der Waals surface area contributed by atoms with Gasteiger partial charge >= 0.3 is 0 Å². The minimum Gasteiger partial charge on any atom is -0.354 e. The number of anilines is 1. The van der Waals surface area contributed by atoms with E-state index in [2.05, 4.69) is 40.8 Å². The van der Waals surface area contributed by atoms with Gasteiger partial charge in [-0.3, -0.25) is 4.79 Å². The molecule has 27 heavy (non-hydrogen) atoms. The summed E-state index contributed by atoms with van der Waals surface area (Å²) in [5.41, 5.74) is 3.91. The van der Waals surface area contributed by atoms with Crippen LogP contribution in [0.3, 0.4) is 0 Å². The van der Waals surface area contributed by atoms with Crippen LogP contribution in [0.15, 0.2) is 41.3 Å². The maximum Gasteiger partial charge on any atom is 0.226 e. The van der Waals surface area contributed by atoms with Gasteiger partial charge in [-0.2, -0.15) is 0 Å². The quantitative estimate of drug-likeness (QED) is 0.616. The zero-order valence-corrected chi connectivity index (χ0v) is 17.2. The Morgan fingerprint density at radius 2 is 2.04 bits per heavy atom. The third kappa shape index (κ3) is 3.85. The molecule has 138 valence electrons. The van der Waals surface area contributed by atoms with E-state index in [0.29, 0.717) is 17.0 Å². The summed E-state index contributed by atoms with van der Waals surface area (Å²) in [5.74, 6) is 0.163. The SMILES string of the molecule is [B]c1cc2c(cc1Cl)CC(CNC(=O)C1(C)CC1)N2Sc1ccc(C)cc1. The Kier molecular flexibility index (Phi) is 4.94. The highest BCUT2D eigenvalue weighted by molar-refractivity contribution is 8.00. The van der Waals surface area contributed by atoms with Crippen molar-refractivity contribution in [2.24, 2.45) is 5.41 Å². The highest BCUT2D eigenvalue weighted by atomic mass is 35.5. The van der Waals surface area contributed by atoms with E-state index in [4.69, 9.17) is 19.4 Å². The summed E-state index contributed by atoms with van der Waals surface area (Å²) >= 11 is 7.92. The predicted octanol–water partition coefficient (Wildman–Crippen LogP) is 3.80. The van der Waals surface area contributed by atoms with E-state index >= 15 is 0 Å². The number of aryl methyl sites for hydroxylation is 1. The molecule has 2 aromatic rings. The normalized spacial score (nSPS) is 19.7. The largest absolute Gasteiger partial charge is 0.354 e. The standard InChI is InChI=1S/C21H22BClN2OS/c1-13-3-5-16(6-4-13)27-25-15(12-24-20(26)21(2)7-8-21)9-14-10-18(23)17(22)11-19(14)25/h3-6,10-11,15H,7-9,12H2,1-2H3,(H,24,26). The highest BCUT2D eigenvalue weighted by Crippen LogP contribution is 2.45. The number of halogens is 1. The minimum absolute atomic E-state index is 0.159. The summed E-state index contributed by atoms with van der Waals surface area (Å²) in [6.07, 6.45) is 2.81. The van der Waals surface area contributed by atoms with Crippen molar-refractivity contribution in [1.29, 1.82) is 0 Å². The summed E-state index contributed by atoms with van der Waals surface area (Å²) in [5, 5.41) is 3.75. The molecule has 1 atom stereocenters. The van der Waals surface area contributed by atoms with E-state index in [1.54, 1.807) is 11.9 Å². The number of hydrogen-bond donors (Lipinski definition) is 1. The smallest absolute Gasteiger partial charge is 0.226 e. The van der Waals surface area contributed by atoms with Crippen LogP contribution in [0.1, 0.15) is 30.9 Å². The van der Waals surface area contributed by atoms with Crippen LogP contribution >= 0.6 is 23.5 Å². The molecular weight excluding hydrogens is 375 g/mol. The summed E-state index contributed by atoms with van der Waals surface area (Å²) in [6.45, 7) is 4.73. The lowest BCUT2D eigenvalue weighted by molar-refractivity contribution is -0.125. The molecule has 1 heterocycles. The first-order valence-corrected chi connectivity index (χ1v) is 10.4. The van der Waals surface area contributed by atoms with E-state index in [-0.39, 0.29) is 17.4 Å². The van der Waals surface area contributed by atoms with Crippen molar-refractivity contribution in [3.8, 4) is 0 Å². The van der Waals surface area contributed by atoms with Gasteiger partial charge in [0, 0.05) is 21.9 Å². The van der Waals surface area contributed by atoms with Crippen LogP contribution in [-0.2, 0) is 11.2 Å². The number of benzene rings is 2. The molecule has 1 fully saturated rings. The molecule has 0 aromatic heterocycles. The van der Waals surface area contributed by atoms with Gasteiger partial charge in [-0.15, -0.1) is 0 Å². The Labute approximate surface area is 171 Å². The second kappa shape index (κ2) is 7.10. The lowest BCUT2D eigenvalue weighted by Gasteiger charge is -2.27. The first-order valence-electron chi connectivity index (χ1n) is 9.26. The summed E-state index contributed by atoms with van der Waals surface area (Å²) in [4.78, 5) is 13.5. The number of amides is 1. The van der Waals surface area contributed by atoms with Gasteiger partial charge < -0.3 is 9.62 Å². The van der Waals surface area contributed by atoms with E-state index in [0.717, 1.165) is 29.8 Å². The van der Waals surface area contributed by atoms with Crippen molar-refractivity contribution in [2.75, 3.05) is 10.8 Å². The van der Waals surface area contributed by atoms with Crippen molar-refractivity contribution in [2.45, 2.75) is 44.0 Å². The number of nitrogens with zero attached hydrogens (tertiary/aromatic N) is 1. The maximum atomic E-state index is 12.4. The van der Waals surface area contributed by atoms with E-state index < -0.39 is 0 Å². The van der Waals surface area contributed by atoms with Crippen molar-refractivity contribution in [3.63, 3.8) is 0 Å². The van der Waals surface area contributed by atoms with Gasteiger partial charge in [0.15, 0.2) is 0 Å². The van der Waals surface area contributed by atoms with Gasteiger partial charge in [0.1, 0.15) is 7.85 Å². The third-order valence-corrected chi connectivity index (χ3v) is 7.00. The Morgan fingerprint density at radius 3 is 2.70 bits per heavy atom. The van der Waals surface area contributed by atoms with Gasteiger partial charge in [0.25, 0.3) is 0 Å². The van der Waals surface area contributed by atoms with Crippen LogP contribution in [0.25, 0.3) is 0 Å². The Balaban J connectivity index is 1.57. The first kappa shape index (κ1) is 18.8. The number of carbonyl (C=O) groups is 1. The molecule has 1 amide bonds. The molecule has 0 spiro atoms. The molecule has 3 nitrogen and oxygen atoms in total. The fourth-order valence-electron chi connectivity index (χ4n) is 3.35. The second-order valence-corrected chi connectivity index (χ2v) is 9.32. The Bertz CT molecular complexity index is 882. The number of hydrogen-bond acceptors (Lipinski definition) is 3. The lowest BCUT2D eigenvalue weighted by Crippen LogP contribution is -2.41. The fourth-order valence-corrected chi connectivity index (χ4v) is 4.59. The van der Waals surface area contributed by atoms with Crippen LogP contribution in [0.5, 0.6) is 0 Å². The average molecular weight is 397 g/mol. The maximum absolute atomic E-state index is 12.4. The van der Waals surface area contributed by atoms with Gasteiger partial charge in [-0.25, -0.2) is 0 Å². The molecule has 2 aliphatic rings. The van der Waals surface area contributed by atoms with Crippen molar-refractivity contribution >= 4 is 48.5 Å². The highest BCUT2D eigenvalue weighted by Gasteiger charge is 2.45. The molecule has 1 unspecified atom stereocenters. The summed E-state index contributed by atoms with van der Waals surface area (Å²) in [7, 11) is 6.06. The molecule has 1 aliphatic carbocycles. The number of fused-ring (bicyclic) bond motifs is 1. The van der Waals surface area contributed by atoms with E-state index in [9.17, 15) is 4.79 Å². The topological polar surface area (TPSA) is 32.3 Å². The van der Waals surface area contributed by atoms with Crippen LogP contribution in [0.2, 0.25) is 5.02 Å². The molecule has 2 radical (unpaired) electrons. The Hall–Kier alpha value is -1.59. The lowest BCUT2D eigenvalue weighted by atomic mass is 9.94. The molecule has 6 heteroatoms. The molecule has 1 saturated carbocycles. The first-order chi connectivity index (χ1) is 12.9. The molecule has 4 rings (SSSR count). The van der Waals surface area contributed by atoms with Crippen molar-refractivity contribution in [3.05, 3.63) is 52.5 Å². The van der Waals surface area contributed by atoms with Crippen molar-refractivity contribution < 1.29 is 4.79 Å². The van der Waals surface area contributed by atoms with Gasteiger partial charge in [0.05, 0.1) is 11.7 Å². The number of rotatable bonds is 5. The molecule has 1 N–H and O–H groups in total. The zero-order valence-electron chi connectivity index (χ0n) is 15.6. The molecular formula is C21H22BClN2OS. The van der Waals surface area contributed by atoms with E-state index in [1.807, 2.05) is 19.1 Å². The minimum atomic E-state index is -0.159. The molecule has 2 aromatic carbocycles. The summed E-state index contributed by atoms with van der Waals surface area (Å²) in [6, 6.07) is 12.5. The van der Waals surface area contributed by atoms with Crippen LogP contribution in [0, 0.1) is 12.3 Å². The Morgan fingerprint density at radius 1 is 1.33 bits per heavy atom. The third-order valence-electron chi connectivity index (χ3n) is 5.49. The van der Waals surface area contributed by atoms with Gasteiger partial charge in [0.2, 0.25) is 5.91 Å². The zero-order chi connectivity index (χ0) is 19.2. The fraction of sp³-hybridized carbons (Fsp3) is 0.381. The number of carbonyl (C=O) groups excluding carboxylic acids is 1. The molecule has 0 saturated heterocycles. The van der Waals surface area contributed by atoms with Crippen LogP contribution < -0.4 is 15.1 Å². The average Bonchev–Trinajstić information content (AvgIpc) is 3.32. The monoisotopic (exact) mass is 396 g/mol. The molecule has 0 bridgehead atoms.